The van der Waals surface area contributed by atoms with Crippen LogP contribution in [0.15, 0.2) is 12.1 Å². The normalized spacial score (nSPS) is 12.4. The Balaban J connectivity index is 2.41. The molecular weight excluding hydrogens is 192 g/mol. The van der Waals surface area contributed by atoms with Gasteiger partial charge in [0.2, 0.25) is 0 Å². The second kappa shape index (κ2) is 5.79. The molecule has 0 aliphatic heterocycles. The average Bonchev–Trinajstić information content (AvgIpc) is 2.67. The van der Waals surface area contributed by atoms with Gasteiger partial charge in [-0.15, -0.1) is 11.3 Å². The Morgan fingerprint density at radius 2 is 2.14 bits per heavy atom. The zero-order valence-corrected chi connectivity index (χ0v) is 9.53. The van der Waals surface area contributed by atoms with Gasteiger partial charge in [0, 0.05) is 16.3 Å². The zero-order chi connectivity index (χ0) is 10.4. The first-order valence-corrected chi connectivity index (χ1v) is 5.82. The van der Waals surface area contributed by atoms with Gasteiger partial charge in [0.25, 0.3) is 0 Å². The molecule has 0 aromatic carbocycles. The maximum absolute atomic E-state index is 8.75. The summed E-state index contributed by atoms with van der Waals surface area (Å²) in [5, 5.41) is 12.0. The van der Waals surface area contributed by atoms with E-state index in [4.69, 9.17) is 5.26 Å². The molecule has 2 nitrogen and oxygen atoms in total. The minimum Gasteiger partial charge on any atom is -0.297 e. The second-order valence-corrected chi connectivity index (χ2v) is 4.45. The summed E-state index contributed by atoms with van der Waals surface area (Å²) < 4.78 is 0. The van der Waals surface area contributed by atoms with Gasteiger partial charge in [-0.05, 0) is 25.0 Å². The second-order valence-electron chi connectivity index (χ2n) is 3.19. The first kappa shape index (κ1) is 11.2. The smallest absolute Gasteiger partial charge is 0.0953 e. The van der Waals surface area contributed by atoms with E-state index in [1.807, 2.05) is 18.3 Å². The number of aryl methyl sites for hydroxylation is 1. The number of nitrogens with one attached hydrogen (secondary N) is 1. The highest BCUT2D eigenvalue weighted by Crippen LogP contribution is 2.16. The van der Waals surface area contributed by atoms with Crippen LogP contribution in [0, 0.1) is 11.3 Å². The van der Waals surface area contributed by atoms with Crippen molar-refractivity contribution in [1.82, 2.24) is 5.32 Å². The van der Waals surface area contributed by atoms with Crippen molar-refractivity contribution in [3.8, 4) is 6.07 Å². The Hall–Kier alpha value is -0.850. The molecular formula is C11H16N2S. The van der Waals surface area contributed by atoms with E-state index in [-0.39, 0.29) is 6.04 Å². The molecule has 1 N–H and O–H groups in total. The van der Waals surface area contributed by atoms with Gasteiger partial charge < -0.3 is 0 Å². The number of rotatable bonds is 5. The lowest BCUT2D eigenvalue weighted by Gasteiger charge is -2.06. The summed E-state index contributed by atoms with van der Waals surface area (Å²) in [6, 6.07) is 6.53. The summed E-state index contributed by atoms with van der Waals surface area (Å²) in [6.45, 7) is 5.00. The molecule has 14 heavy (non-hydrogen) atoms. The maximum atomic E-state index is 8.75. The standard InChI is InChI=1S/C11H16N2S/c1-3-9(7-12)13-8-11-6-5-10(4-2)14-11/h5-6,9,13H,3-4,8H2,1-2H3. The minimum atomic E-state index is -0.0119. The summed E-state index contributed by atoms with van der Waals surface area (Å²) >= 11 is 1.82. The Bertz CT molecular complexity index is 311. The molecule has 1 aromatic rings. The van der Waals surface area contributed by atoms with Gasteiger partial charge in [-0.25, -0.2) is 0 Å². The van der Waals surface area contributed by atoms with Gasteiger partial charge >= 0.3 is 0 Å². The van der Waals surface area contributed by atoms with Crippen LogP contribution in [0.4, 0.5) is 0 Å². The Labute approximate surface area is 89.6 Å². The molecule has 1 atom stereocenters. The molecule has 76 valence electrons. The largest absolute Gasteiger partial charge is 0.297 e. The van der Waals surface area contributed by atoms with Crippen LogP contribution in [-0.2, 0) is 13.0 Å². The molecule has 0 fully saturated rings. The molecule has 0 bridgehead atoms. The summed E-state index contributed by atoms with van der Waals surface area (Å²) in [7, 11) is 0. The van der Waals surface area contributed by atoms with Crippen molar-refractivity contribution in [2.75, 3.05) is 0 Å². The van der Waals surface area contributed by atoms with Crippen LogP contribution in [0.25, 0.3) is 0 Å². The summed E-state index contributed by atoms with van der Waals surface area (Å²) in [6.07, 6.45) is 1.96. The lowest BCUT2D eigenvalue weighted by Crippen LogP contribution is -2.25. The molecule has 3 heteroatoms. The molecule has 0 spiro atoms. The molecule has 0 amide bonds. The van der Waals surface area contributed by atoms with Crippen molar-refractivity contribution >= 4 is 11.3 Å². The summed E-state index contributed by atoms with van der Waals surface area (Å²) in [5.74, 6) is 0. The van der Waals surface area contributed by atoms with Crippen LogP contribution in [0.5, 0.6) is 0 Å². The highest BCUT2D eigenvalue weighted by atomic mass is 32.1. The third-order valence-electron chi connectivity index (χ3n) is 2.15. The fourth-order valence-electron chi connectivity index (χ4n) is 1.21. The highest BCUT2D eigenvalue weighted by molar-refractivity contribution is 7.11. The molecule has 1 unspecified atom stereocenters. The predicted molar refractivity (Wildman–Crippen MR) is 60.2 cm³/mol. The third-order valence-corrected chi connectivity index (χ3v) is 3.38. The van der Waals surface area contributed by atoms with Crippen LogP contribution in [-0.4, -0.2) is 6.04 Å². The molecule has 0 aliphatic carbocycles. The van der Waals surface area contributed by atoms with Crippen molar-refractivity contribution in [2.24, 2.45) is 0 Å². The van der Waals surface area contributed by atoms with Crippen molar-refractivity contribution in [1.29, 1.82) is 5.26 Å². The quantitative estimate of drug-likeness (QED) is 0.807. The Morgan fingerprint density at radius 1 is 1.43 bits per heavy atom. The van der Waals surface area contributed by atoms with E-state index in [1.165, 1.54) is 9.75 Å². The molecule has 1 aromatic heterocycles. The van der Waals surface area contributed by atoms with E-state index in [2.05, 4.69) is 30.4 Å². The van der Waals surface area contributed by atoms with Gasteiger partial charge in [-0.1, -0.05) is 13.8 Å². The van der Waals surface area contributed by atoms with Crippen LogP contribution < -0.4 is 5.32 Å². The SMILES string of the molecule is CCc1ccc(CNC(C#N)CC)s1. The number of nitriles is 1. The van der Waals surface area contributed by atoms with Crippen molar-refractivity contribution in [3.05, 3.63) is 21.9 Å². The van der Waals surface area contributed by atoms with Crippen LogP contribution in [0.1, 0.15) is 30.0 Å². The predicted octanol–water partition coefficient (Wildman–Crippen LogP) is 2.70. The zero-order valence-electron chi connectivity index (χ0n) is 8.71. The topological polar surface area (TPSA) is 35.8 Å². The lowest BCUT2D eigenvalue weighted by molar-refractivity contribution is 0.591. The average molecular weight is 208 g/mol. The fraction of sp³-hybridized carbons (Fsp3) is 0.545. The molecule has 0 saturated carbocycles. The van der Waals surface area contributed by atoms with Gasteiger partial charge in [0.15, 0.2) is 0 Å². The van der Waals surface area contributed by atoms with Crippen molar-refractivity contribution in [2.45, 2.75) is 39.3 Å². The molecule has 1 rings (SSSR count). The van der Waals surface area contributed by atoms with Gasteiger partial charge in [0.05, 0.1) is 12.1 Å². The molecule has 0 radical (unpaired) electrons. The lowest BCUT2D eigenvalue weighted by atomic mass is 10.2. The van der Waals surface area contributed by atoms with E-state index >= 15 is 0 Å². The van der Waals surface area contributed by atoms with E-state index in [0.29, 0.717) is 0 Å². The van der Waals surface area contributed by atoms with Gasteiger partial charge in [0.1, 0.15) is 0 Å². The van der Waals surface area contributed by atoms with Crippen molar-refractivity contribution < 1.29 is 0 Å². The molecule has 0 aliphatic rings. The fourth-order valence-corrected chi connectivity index (χ4v) is 2.12. The number of nitrogens with zero attached hydrogens (tertiary/aromatic N) is 1. The van der Waals surface area contributed by atoms with Crippen LogP contribution in [0.3, 0.4) is 0 Å². The number of thiophene rings is 1. The molecule has 0 saturated heterocycles. The third kappa shape index (κ3) is 3.13. The molecule has 1 heterocycles. The highest BCUT2D eigenvalue weighted by Gasteiger charge is 2.04. The summed E-state index contributed by atoms with van der Waals surface area (Å²) in [5.41, 5.74) is 0. The minimum absolute atomic E-state index is 0.0119. The monoisotopic (exact) mass is 208 g/mol. The van der Waals surface area contributed by atoms with Crippen molar-refractivity contribution in [3.63, 3.8) is 0 Å². The van der Waals surface area contributed by atoms with E-state index in [0.717, 1.165) is 19.4 Å². The van der Waals surface area contributed by atoms with Crippen LogP contribution >= 0.6 is 11.3 Å². The maximum Gasteiger partial charge on any atom is 0.0953 e. The van der Waals surface area contributed by atoms with E-state index in [9.17, 15) is 0 Å². The Kier molecular flexibility index (Phi) is 4.64. The van der Waals surface area contributed by atoms with E-state index in [1.54, 1.807) is 0 Å². The Morgan fingerprint density at radius 3 is 2.64 bits per heavy atom. The first-order chi connectivity index (χ1) is 6.80. The number of hydrogen-bond acceptors (Lipinski definition) is 3. The number of hydrogen-bond donors (Lipinski definition) is 1. The van der Waals surface area contributed by atoms with Gasteiger partial charge in [-0.3, -0.25) is 5.32 Å². The first-order valence-electron chi connectivity index (χ1n) is 5.00. The van der Waals surface area contributed by atoms with Gasteiger partial charge in [-0.2, -0.15) is 5.26 Å². The van der Waals surface area contributed by atoms with E-state index < -0.39 is 0 Å². The summed E-state index contributed by atoms with van der Waals surface area (Å²) in [4.78, 5) is 2.72. The van der Waals surface area contributed by atoms with Crippen LogP contribution in [0.2, 0.25) is 0 Å².